The second-order valence-corrected chi connectivity index (χ2v) is 9.59. The largest absolute Gasteiger partial charge is 0.299 e. The quantitative estimate of drug-likeness (QED) is 0.362. The van der Waals surface area contributed by atoms with Crippen LogP contribution in [0.3, 0.4) is 0 Å². The Morgan fingerprint density at radius 2 is 1.50 bits per heavy atom. The van der Waals surface area contributed by atoms with Gasteiger partial charge in [-0.3, -0.25) is 4.57 Å². The first-order valence-electron chi connectivity index (χ1n) is 8.63. The normalized spacial score (nSPS) is 11.5. The summed E-state index contributed by atoms with van der Waals surface area (Å²) in [6.07, 6.45) is 3.23. The lowest BCUT2D eigenvalue weighted by molar-refractivity contribution is 0.602. The smallest absolute Gasteiger partial charge is 0.175 e. The van der Waals surface area contributed by atoms with E-state index in [1.165, 1.54) is 6.26 Å². The molecule has 0 radical (unpaired) electrons. The predicted molar refractivity (Wildman–Crippen MR) is 120 cm³/mol. The summed E-state index contributed by atoms with van der Waals surface area (Å²) in [4.78, 5) is 4.98. The molecule has 1 aromatic heterocycles. The van der Waals surface area contributed by atoms with Gasteiger partial charge in [0.05, 0.1) is 4.90 Å². The highest BCUT2D eigenvalue weighted by Crippen LogP contribution is 2.27. The molecule has 4 aromatic rings. The Hall–Kier alpha value is -2.45. The van der Waals surface area contributed by atoms with Gasteiger partial charge in [-0.25, -0.2) is 13.4 Å². The molecule has 0 unspecified atom stereocenters. The summed E-state index contributed by atoms with van der Waals surface area (Å²) in [5.41, 5.74) is 3.89. The van der Waals surface area contributed by atoms with E-state index in [0.29, 0.717) is 4.90 Å². The van der Waals surface area contributed by atoms with Crippen molar-refractivity contribution >= 4 is 32.4 Å². The van der Waals surface area contributed by atoms with Gasteiger partial charge in [-0.2, -0.15) is 0 Å². The van der Waals surface area contributed by atoms with Crippen LogP contribution < -0.4 is 0 Å². The lowest BCUT2D eigenvalue weighted by atomic mass is 10.1. The van der Waals surface area contributed by atoms with Crippen LogP contribution in [0.1, 0.15) is 0 Å². The van der Waals surface area contributed by atoms with Crippen molar-refractivity contribution in [3.8, 4) is 28.2 Å². The second kappa shape index (κ2) is 7.52. The van der Waals surface area contributed by atoms with Crippen LogP contribution in [0.4, 0.5) is 0 Å². The maximum atomic E-state index is 11.8. The average molecular weight is 500 g/mol. The van der Waals surface area contributed by atoms with Gasteiger partial charge in [0.1, 0.15) is 9.53 Å². The molecule has 0 saturated heterocycles. The summed E-state index contributed by atoms with van der Waals surface area (Å²) in [5, 5.41) is 0. The molecule has 0 saturated carbocycles. The highest BCUT2D eigenvalue weighted by molar-refractivity contribution is 14.1. The Morgan fingerprint density at radius 1 is 0.821 bits per heavy atom. The molecule has 4 nitrogen and oxygen atoms in total. The van der Waals surface area contributed by atoms with Crippen molar-refractivity contribution in [2.75, 3.05) is 6.26 Å². The maximum Gasteiger partial charge on any atom is 0.175 e. The van der Waals surface area contributed by atoms with E-state index >= 15 is 0 Å². The van der Waals surface area contributed by atoms with Gasteiger partial charge >= 0.3 is 0 Å². The third-order valence-corrected chi connectivity index (χ3v) is 6.08. The number of imidazole rings is 1. The molecule has 0 aliphatic carbocycles. The van der Waals surface area contributed by atoms with Gasteiger partial charge in [-0.15, -0.1) is 0 Å². The lowest BCUT2D eigenvalue weighted by Gasteiger charge is -2.10. The zero-order valence-electron chi connectivity index (χ0n) is 15.1. The molecule has 3 aromatic carbocycles. The van der Waals surface area contributed by atoms with Crippen molar-refractivity contribution in [2.24, 2.45) is 0 Å². The molecular weight excluding hydrogens is 483 g/mol. The monoisotopic (exact) mass is 500 g/mol. The Morgan fingerprint density at radius 3 is 2.18 bits per heavy atom. The van der Waals surface area contributed by atoms with E-state index in [0.717, 1.165) is 31.9 Å². The highest BCUT2D eigenvalue weighted by Gasteiger charge is 2.11. The summed E-state index contributed by atoms with van der Waals surface area (Å²) in [7, 11) is -3.23. The van der Waals surface area contributed by atoms with Gasteiger partial charge in [0, 0.05) is 23.7 Å². The molecule has 140 valence electrons. The standard InChI is InChI=1S/C22H17IN2O2S/c1-28(26,27)20-9-5-8-18(14-20)16-10-12-19(13-11-16)25-15-21(23)24-22(25)17-6-3-2-4-7-17/h2-15H,1H3. The minimum absolute atomic E-state index is 0.324. The van der Waals surface area contributed by atoms with Gasteiger partial charge in [0.2, 0.25) is 0 Å². The molecule has 28 heavy (non-hydrogen) atoms. The molecule has 0 N–H and O–H groups in total. The molecule has 0 fully saturated rings. The van der Waals surface area contributed by atoms with Crippen LogP contribution in [-0.4, -0.2) is 24.2 Å². The van der Waals surface area contributed by atoms with Gasteiger partial charge in [0.15, 0.2) is 9.84 Å². The fourth-order valence-electron chi connectivity index (χ4n) is 3.06. The van der Waals surface area contributed by atoms with Gasteiger partial charge in [-0.1, -0.05) is 54.6 Å². The van der Waals surface area contributed by atoms with Crippen LogP contribution in [0.5, 0.6) is 0 Å². The minimum atomic E-state index is -3.23. The fourth-order valence-corrected chi connectivity index (χ4v) is 4.23. The van der Waals surface area contributed by atoms with E-state index in [-0.39, 0.29) is 0 Å². The number of sulfone groups is 1. The molecule has 0 aliphatic rings. The first-order chi connectivity index (χ1) is 13.4. The van der Waals surface area contributed by atoms with Crippen molar-refractivity contribution in [1.82, 2.24) is 9.55 Å². The molecule has 0 aliphatic heterocycles. The lowest BCUT2D eigenvalue weighted by Crippen LogP contribution is -1.97. The number of aromatic nitrogens is 2. The van der Waals surface area contributed by atoms with Crippen LogP contribution in [0.2, 0.25) is 0 Å². The van der Waals surface area contributed by atoms with Crippen molar-refractivity contribution in [1.29, 1.82) is 0 Å². The van der Waals surface area contributed by atoms with Gasteiger partial charge < -0.3 is 0 Å². The van der Waals surface area contributed by atoms with Gasteiger partial charge in [0.25, 0.3) is 0 Å². The molecule has 1 heterocycles. The molecule has 0 amide bonds. The van der Waals surface area contributed by atoms with Crippen LogP contribution >= 0.6 is 22.6 Å². The van der Waals surface area contributed by atoms with E-state index < -0.39 is 9.84 Å². The van der Waals surface area contributed by atoms with Crippen molar-refractivity contribution in [2.45, 2.75) is 4.90 Å². The fraction of sp³-hybridized carbons (Fsp3) is 0.0455. The third-order valence-electron chi connectivity index (χ3n) is 4.45. The summed E-state index contributed by atoms with van der Waals surface area (Å²) in [6, 6.07) is 25.1. The third kappa shape index (κ3) is 3.88. The summed E-state index contributed by atoms with van der Waals surface area (Å²) in [5.74, 6) is 0.886. The first kappa shape index (κ1) is 18.9. The number of rotatable bonds is 4. The van der Waals surface area contributed by atoms with Crippen LogP contribution in [0.25, 0.3) is 28.2 Å². The Bertz CT molecular complexity index is 1230. The van der Waals surface area contributed by atoms with E-state index in [4.69, 9.17) is 0 Å². The van der Waals surface area contributed by atoms with E-state index in [2.05, 4.69) is 32.1 Å². The second-order valence-electron chi connectivity index (χ2n) is 6.47. The van der Waals surface area contributed by atoms with E-state index in [1.807, 2.05) is 66.9 Å². The Kier molecular flexibility index (Phi) is 5.07. The molecule has 0 spiro atoms. The van der Waals surface area contributed by atoms with Crippen molar-refractivity contribution < 1.29 is 8.42 Å². The molecule has 6 heteroatoms. The maximum absolute atomic E-state index is 11.8. The zero-order valence-corrected chi connectivity index (χ0v) is 18.1. The Balaban J connectivity index is 1.73. The number of hydrogen-bond donors (Lipinski definition) is 0. The first-order valence-corrected chi connectivity index (χ1v) is 11.6. The molecule has 0 bridgehead atoms. The van der Waals surface area contributed by atoms with Crippen molar-refractivity contribution in [3.05, 3.63) is 88.8 Å². The predicted octanol–water partition coefficient (Wildman–Crippen LogP) is 5.21. The number of nitrogens with zero attached hydrogens (tertiary/aromatic N) is 2. The average Bonchev–Trinajstić information content (AvgIpc) is 3.10. The van der Waals surface area contributed by atoms with E-state index in [9.17, 15) is 8.42 Å². The minimum Gasteiger partial charge on any atom is -0.299 e. The number of benzene rings is 3. The van der Waals surface area contributed by atoms with Crippen LogP contribution in [-0.2, 0) is 9.84 Å². The summed E-state index contributed by atoms with van der Waals surface area (Å²) >= 11 is 2.22. The molecule has 4 rings (SSSR count). The Labute approximate surface area is 177 Å². The number of hydrogen-bond acceptors (Lipinski definition) is 3. The topological polar surface area (TPSA) is 52.0 Å². The molecule has 0 atom stereocenters. The SMILES string of the molecule is CS(=O)(=O)c1cccc(-c2ccc(-n3cc(I)nc3-c3ccccc3)cc2)c1. The summed E-state index contributed by atoms with van der Waals surface area (Å²) in [6.45, 7) is 0. The summed E-state index contributed by atoms with van der Waals surface area (Å²) < 4.78 is 26.6. The molecular formula is C22H17IN2O2S. The van der Waals surface area contributed by atoms with Gasteiger partial charge in [-0.05, 0) is 58.0 Å². The zero-order chi connectivity index (χ0) is 19.7. The van der Waals surface area contributed by atoms with Crippen LogP contribution in [0, 0.1) is 3.70 Å². The van der Waals surface area contributed by atoms with Crippen molar-refractivity contribution in [3.63, 3.8) is 0 Å². The number of halogens is 1. The van der Waals surface area contributed by atoms with Crippen LogP contribution in [0.15, 0.2) is 90.0 Å². The highest BCUT2D eigenvalue weighted by atomic mass is 127. The van der Waals surface area contributed by atoms with E-state index in [1.54, 1.807) is 18.2 Å².